The molecule has 0 spiro atoms. The molecule has 0 aliphatic rings. The first-order valence-electron chi connectivity index (χ1n) is 5.91. The molecule has 1 N–H and O–H groups in total. The van der Waals surface area contributed by atoms with E-state index in [0.29, 0.717) is 17.1 Å². The van der Waals surface area contributed by atoms with Crippen molar-refractivity contribution >= 4 is 13.5 Å². The summed E-state index contributed by atoms with van der Waals surface area (Å²) < 4.78 is 34.9. The van der Waals surface area contributed by atoms with Gasteiger partial charge in [0.25, 0.3) is 0 Å². The summed E-state index contributed by atoms with van der Waals surface area (Å²) in [7, 11) is 1.21. The Balaban J connectivity index is 2.69. The van der Waals surface area contributed by atoms with E-state index < -0.39 is 24.3 Å². The third-order valence-electron chi connectivity index (χ3n) is 2.35. The van der Waals surface area contributed by atoms with Crippen molar-refractivity contribution in [3.05, 3.63) is 34.1 Å². The van der Waals surface area contributed by atoms with Gasteiger partial charge in [-0.1, -0.05) is 0 Å². The lowest BCUT2D eigenvalue weighted by Crippen LogP contribution is -2.37. The first-order chi connectivity index (χ1) is 9.50. The van der Waals surface area contributed by atoms with Crippen molar-refractivity contribution in [2.75, 3.05) is 34.3 Å². The molecule has 0 fully saturated rings. The maximum atomic E-state index is 13.3. The molecule has 8 nitrogen and oxygen atoms in total. The molecule has 1 aromatic rings. The number of likely N-dealkylation sites (N-methyl/N-ethyl adjacent to an activating group) is 1. The van der Waals surface area contributed by atoms with Crippen LogP contribution in [0.5, 0.6) is 5.75 Å². The molecular formula is C11H17FN2O6P+. The molecule has 0 aliphatic carbocycles. The van der Waals surface area contributed by atoms with E-state index in [-0.39, 0.29) is 12.4 Å². The summed E-state index contributed by atoms with van der Waals surface area (Å²) in [5.74, 6) is -1.49. The summed E-state index contributed by atoms with van der Waals surface area (Å²) >= 11 is 0. The number of halogens is 1. The van der Waals surface area contributed by atoms with Crippen LogP contribution in [-0.4, -0.2) is 48.6 Å². The number of hydrogen-bond donors (Lipinski definition) is 1. The van der Waals surface area contributed by atoms with Gasteiger partial charge < -0.3 is 9.01 Å². The van der Waals surface area contributed by atoms with Crippen LogP contribution in [0.15, 0.2) is 18.2 Å². The number of benzene rings is 1. The number of rotatable bonds is 7. The minimum absolute atomic E-state index is 0.0350. The standard InChI is InChI=1S/C11H16FN2O6P/c1-14(2,3)6-7-19-21(17,18)20-9-4-5-11(13(15)16)10(12)8-9/h4-5,8H,6-7H2,1-3H3/p+1. The van der Waals surface area contributed by atoms with Gasteiger partial charge in [0.1, 0.15) is 18.9 Å². The summed E-state index contributed by atoms with van der Waals surface area (Å²) in [6, 6.07) is 2.52. The topological polar surface area (TPSA) is 98.9 Å². The summed E-state index contributed by atoms with van der Waals surface area (Å²) in [6.45, 7) is 0.426. The number of nitrogens with zero attached hydrogens (tertiary/aromatic N) is 2. The van der Waals surface area contributed by atoms with Crippen LogP contribution in [0.1, 0.15) is 0 Å². The smallest absolute Gasteiger partial charge is 0.404 e. The van der Waals surface area contributed by atoms with E-state index >= 15 is 0 Å². The van der Waals surface area contributed by atoms with Crippen molar-refractivity contribution in [2.45, 2.75) is 0 Å². The van der Waals surface area contributed by atoms with Gasteiger partial charge in [-0.2, -0.15) is 4.39 Å². The Labute approximate surface area is 121 Å². The molecule has 0 radical (unpaired) electrons. The highest BCUT2D eigenvalue weighted by Gasteiger charge is 2.25. The van der Waals surface area contributed by atoms with E-state index in [1.807, 2.05) is 21.1 Å². The van der Waals surface area contributed by atoms with E-state index in [2.05, 4.69) is 4.52 Å². The highest BCUT2D eigenvalue weighted by molar-refractivity contribution is 7.47. The van der Waals surface area contributed by atoms with Crippen LogP contribution in [0.4, 0.5) is 10.1 Å². The second kappa shape index (κ2) is 6.48. The highest BCUT2D eigenvalue weighted by atomic mass is 31.2. The second-order valence-electron chi connectivity index (χ2n) is 5.28. The summed E-state index contributed by atoms with van der Waals surface area (Å²) in [4.78, 5) is 19.0. The predicted octanol–water partition coefficient (Wildman–Crippen LogP) is 1.94. The van der Waals surface area contributed by atoms with Crippen molar-refractivity contribution < 1.29 is 32.3 Å². The van der Waals surface area contributed by atoms with E-state index in [4.69, 9.17) is 4.52 Å². The molecule has 0 aliphatic heterocycles. The Kier molecular flexibility index (Phi) is 5.41. The van der Waals surface area contributed by atoms with Gasteiger partial charge in [0.15, 0.2) is 0 Å². The Bertz CT molecular complexity index is 574. The molecule has 118 valence electrons. The summed E-state index contributed by atoms with van der Waals surface area (Å²) in [5, 5.41) is 10.4. The van der Waals surface area contributed by atoms with E-state index in [0.717, 1.165) is 12.1 Å². The zero-order chi connectivity index (χ0) is 16.3. The third kappa shape index (κ3) is 6.17. The van der Waals surface area contributed by atoms with E-state index in [1.165, 1.54) is 0 Å². The maximum absolute atomic E-state index is 13.3. The molecule has 1 atom stereocenters. The zero-order valence-corrected chi connectivity index (χ0v) is 12.7. The maximum Gasteiger partial charge on any atom is 0.527 e. The van der Waals surface area contributed by atoms with Gasteiger partial charge in [-0.05, 0) is 6.07 Å². The van der Waals surface area contributed by atoms with Crippen LogP contribution < -0.4 is 4.52 Å². The van der Waals surface area contributed by atoms with Crippen molar-refractivity contribution in [3.63, 3.8) is 0 Å². The van der Waals surface area contributed by atoms with Crippen molar-refractivity contribution in [3.8, 4) is 5.75 Å². The monoisotopic (exact) mass is 323 g/mol. The molecule has 0 amide bonds. The average molecular weight is 323 g/mol. The Morgan fingerprint density at radius 1 is 1.43 bits per heavy atom. The molecule has 10 heteroatoms. The first kappa shape index (κ1) is 17.5. The molecule has 0 aromatic heterocycles. The molecule has 0 saturated carbocycles. The fourth-order valence-corrected chi connectivity index (χ4v) is 2.03. The molecule has 0 saturated heterocycles. The fourth-order valence-electron chi connectivity index (χ4n) is 1.28. The summed E-state index contributed by atoms with van der Waals surface area (Å²) in [5.41, 5.74) is -0.749. The number of nitro benzene ring substituents is 1. The van der Waals surface area contributed by atoms with Crippen LogP contribution >= 0.6 is 7.82 Å². The van der Waals surface area contributed by atoms with Crippen LogP contribution in [0.2, 0.25) is 0 Å². The number of phosphoric acid groups is 1. The predicted molar refractivity (Wildman–Crippen MR) is 72.4 cm³/mol. The third-order valence-corrected chi connectivity index (χ3v) is 3.30. The highest BCUT2D eigenvalue weighted by Crippen LogP contribution is 2.44. The van der Waals surface area contributed by atoms with Gasteiger partial charge in [0.2, 0.25) is 5.82 Å². The Morgan fingerprint density at radius 2 is 2.05 bits per heavy atom. The van der Waals surface area contributed by atoms with Crippen molar-refractivity contribution in [2.24, 2.45) is 0 Å². The lowest BCUT2D eigenvalue weighted by atomic mass is 10.3. The van der Waals surface area contributed by atoms with Crippen LogP contribution in [0.25, 0.3) is 0 Å². The summed E-state index contributed by atoms with van der Waals surface area (Å²) in [6.07, 6.45) is 0. The number of hydrogen-bond acceptors (Lipinski definition) is 5. The Hall–Kier alpha value is -1.54. The fraction of sp³-hybridized carbons (Fsp3) is 0.455. The van der Waals surface area contributed by atoms with Crippen LogP contribution in [0, 0.1) is 15.9 Å². The molecule has 1 rings (SSSR count). The lowest BCUT2D eigenvalue weighted by molar-refractivity contribution is -0.870. The lowest BCUT2D eigenvalue weighted by Gasteiger charge is -2.24. The molecular weight excluding hydrogens is 306 g/mol. The van der Waals surface area contributed by atoms with Crippen molar-refractivity contribution in [1.82, 2.24) is 0 Å². The largest absolute Gasteiger partial charge is 0.527 e. The number of phosphoric ester groups is 1. The van der Waals surface area contributed by atoms with E-state index in [1.54, 1.807) is 0 Å². The van der Waals surface area contributed by atoms with Gasteiger partial charge >= 0.3 is 13.5 Å². The molecule has 1 aromatic carbocycles. The quantitative estimate of drug-likeness (QED) is 0.356. The molecule has 0 bridgehead atoms. The number of quaternary nitrogens is 1. The molecule has 1 unspecified atom stereocenters. The normalized spacial score (nSPS) is 14.5. The van der Waals surface area contributed by atoms with Gasteiger partial charge in [-0.25, -0.2) is 4.57 Å². The SMILES string of the molecule is C[N+](C)(C)CCOP(=O)(O)Oc1ccc([N+](=O)[O-])c(F)c1. The zero-order valence-electron chi connectivity index (χ0n) is 11.9. The minimum Gasteiger partial charge on any atom is -0.404 e. The van der Waals surface area contributed by atoms with Gasteiger partial charge in [0.05, 0.1) is 26.1 Å². The molecule has 0 heterocycles. The van der Waals surface area contributed by atoms with Gasteiger partial charge in [-0.3, -0.25) is 19.5 Å². The van der Waals surface area contributed by atoms with E-state index in [9.17, 15) is 24.0 Å². The van der Waals surface area contributed by atoms with Gasteiger partial charge in [0, 0.05) is 12.1 Å². The Morgan fingerprint density at radius 3 is 2.52 bits per heavy atom. The first-order valence-corrected chi connectivity index (χ1v) is 7.41. The number of nitro groups is 1. The van der Waals surface area contributed by atoms with Crippen LogP contribution in [-0.2, 0) is 9.09 Å². The second-order valence-corrected chi connectivity index (χ2v) is 6.66. The van der Waals surface area contributed by atoms with Crippen LogP contribution in [0.3, 0.4) is 0 Å². The molecule has 21 heavy (non-hydrogen) atoms. The average Bonchev–Trinajstić information content (AvgIpc) is 2.25. The van der Waals surface area contributed by atoms with Gasteiger partial charge in [-0.15, -0.1) is 0 Å². The minimum atomic E-state index is -4.41. The van der Waals surface area contributed by atoms with Crippen molar-refractivity contribution in [1.29, 1.82) is 0 Å².